The highest BCUT2D eigenvalue weighted by molar-refractivity contribution is 5.73. The molecule has 0 saturated heterocycles. The standard InChI is InChI=1S/C12H18N2O2/c1-15-8-7-14-6-5-13-11-4-3-10(16-2)9-12(11)14/h3-4,9,13H,5-8H2,1-2H3. The van der Waals surface area contributed by atoms with Gasteiger partial charge in [-0.05, 0) is 12.1 Å². The topological polar surface area (TPSA) is 33.7 Å². The van der Waals surface area contributed by atoms with Crippen molar-refractivity contribution in [3.8, 4) is 5.75 Å². The second-order valence-corrected chi connectivity index (χ2v) is 3.79. The minimum atomic E-state index is 0.747. The molecule has 4 nitrogen and oxygen atoms in total. The first-order valence-electron chi connectivity index (χ1n) is 5.51. The van der Waals surface area contributed by atoms with E-state index < -0.39 is 0 Å². The van der Waals surface area contributed by atoms with E-state index in [0.717, 1.165) is 32.0 Å². The number of rotatable bonds is 4. The quantitative estimate of drug-likeness (QED) is 0.838. The normalized spacial score (nSPS) is 14.2. The van der Waals surface area contributed by atoms with Crippen LogP contribution < -0.4 is 15.0 Å². The monoisotopic (exact) mass is 222 g/mol. The zero-order chi connectivity index (χ0) is 11.4. The largest absolute Gasteiger partial charge is 0.497 e. The third-order valence-electron chi connectivity index (χ3n) is 2.81. The Balaban J connectivity index is 2.21. The molecule has 0 fully saturated rings. The fourth-order valence-electron chi connectivity index (χ4n) is 1.93. The molecule has 0 atom stereocenters. The molecule has 2 rings (SSSR count). The van der Waals surface area contributed by atoms with Crippen LogP contribution in [-0.2, 0) is 4.74 Å². The molecule has 1 aromatic carbocycles. The van der Waals surface area contributed by atoms with E-state index in [1.54, 1.807) is 14.2 Å². The van der Waals surface area contributed by atoms with Crippen LogP contribution in [0.1, 0.15) is 0 Å². The summed E-state index contributed by atoms with van der Waals surface area (Å²) in [6.45, 7) is 3.64. The van der Waals surface area contributed by atoms with Crippen LogP contribution >= 0.6 is 0 Å². The van der Waals surface area contributed by atoms with Crippen molar-refractivity contribution in [2.45, 2.75) is 0 Å². The maximum atomic E-state index is 5.25. The molecule has 0 unspecified atom stereocenters. The number of hydrogen-bond donors (Lipinski definition) is 1. The Kier molecular flexibility index (Phi) is 3.51. The van der Waals surface area contributed by atoms with Gasteiger partial charge in [0.15, 0.2) is 0 Å². The number of nitrogens with zero attached hydrogens (tertiary/aromatic N) is 1. The van der Waals surface area contributed by atoms with Crippen molar-refractivity contribution in [2.24, 2.45) is 0 Å². The van der Waals surface area contributed by atoms with Crippen LogP contribution in [0.4, 0.5) is 11.4 Å². The molecule has 1 aliphatic heterocycles. The highest BCUT2D eigenvalue weighted by Crippen LogP contribution is 2.32. The Morgan fingerprint density at radius 1 is 1.38 bits per heavy atom. The number of fused-ring (bicyclic) bond motifs is 1. The van der Waals surface area contributed by atoms with Crippen molar-refractivity contribution in [1.29, 1.82) is 0 Å². The summed E-state index contributed by atoms with van der Waals surface area (Å²) >= 11 is 0. The molecule has 0 radical (unpaired) electrons. The molecule has 4 heteroatoms. The van der Waals surface area contributed by atoms with E-state index in [1.165, 1.54) is 11.4 Å². The second-order valence-electron chi connectivity index (χ2n) is 3.79. The molecule has 0 spiro atoms. The number of benzene rings is 1. The highest BCUT2D eigenvalue weighted by atomic mass is 16.5. The van der Waals surface area contributed by atoms with E-state index >= 15 is 0 Å². The molecule has 0 amide bonds. The van der Waals surface area contributed by atoms with Crippen molar-refractivity contribution in [2.75, 3.05) is 50.7 Å². The van der Waals surface area contributed by atoms with Crippen molar-refractivity contribution in [1.82, 2.24) is 0 Å². The zero-order valence-corrected chi connectivity index (χ0v) is 9.82. The average Bonchev–Trinajstić information content (AvgIpc) is 2.35. The number of ether oxygens (including phenoxy) is 2. The fourth-order valence-corrected chi connectivity index (χ4v) is 1.93. The summed E-state index contributed by atoms with van der Waals surface area (Å²) in [5.74, 6) is 0.893. The minimum Gasteiger partial charge on any atom is -0.497 e. The molecule has 0 bridgehead atoms. The maximum Gasteiger partial charge on any atom is 0.121 e. The molecule has 0 aliphatic carbocycles. The Labute approximate surface area is 96.2 Å². The van der Waals surface area contributed by atoms with Gasteiger partial charge in [-0.2, -0.15) is 0 Å². The van der Waals surface area contributed by atoms with Gasteiger partial charge in [0.05, 0.1) is 25.1 Å². The minimum absolute atomic E-state index is 0.747. The molecule has 88 valence electrons. The molecule has 0 saturated carbocycles. The van der Waals surface area contributed by atoms with E-state index in [2.05, 4.69) is 22.3 Å². The van der Waals surface area contributed by atoms with Crippen LogP contribution in [0.25, 0.3) is 0 Å². The van der Waals surface area contributed by atoms with Gasteiger partial charge in [0.2, 0.25) is 0 Å². The molecular weight excluding hydrogens is 204 g/mol. The van der Waals surface area contributed by atoms with E-state index in [0.29, 0.717) is 0 Å². The van der Waals surface area contributed by atoms with Gasteiger partial charge < -0.3 is 19.7 Å². The Morgan fingerprint density at radius 3 is 3.00 bits per heavy atom. The lowest BCUT2D eigenvalue weighted by atomic mass is 10.2. The number of hydrogen-bond acceptors (Lipinski definition) is 4. The lowest BCUT2D eigenvalue weighted by Crippen LogP contribution is -2.36. The van der Waals surface area contributed by atoms with Crippen LogP contribution in [0.3, 0.4) is 0 Å². The third-order valence-corrected chi connectivity index (χ3v) is 2.81. The van der Waals surface area contributed by atoms with Crippen LogP contribution in [0.5, 0.6) is 5.75 Å². The third kappa shape index (κ3) is 2.22. The van der Waals surface area contributed by atoms with Gasteiger partial charge in [-0.3, -0.25) is 0 Å². The Hall–Kier alpha value is -1.42. The first kappa shape index (κ1) is 11.1. The van der Waals surface area contributed by atoms with E-state index in [9.17, 15) is 0 Å². The van der Waals surface area contributed by atoms with Gasteiger partial charge in [0, 0.05) is 32.8 Å². The predicted molar refractivity (Wildman–Crippen MR) is 65.6 cm³/mol. The number of methoxy groups -OCH3 is 2. The van der Waals surface area contributed by atoms with Crippen molar-refractivity contribution in [3.63, 3.8) is 0 Å². The molecular formula is C12H18N2O2. The Morgan fingerprint density at radius 2 is 2.25 bits per heavy atom. The number of anilines is 2. The van der Waals surface area contributed by atoms with Crippen molar-refractivity contribution < 1.29 is 9.47 Å². The van der Waals surface area contributed by atoms with Gasteiger partial charge >= 0.3 is 0 Å². The van der Waals surface area contributed by atoms with Gasteiger partial charge in [-0.1, -0.05) is 0 Å². The van der Waals surface area contributed by atoms with Crippen LogP contribution in [0.15, 0.2) is 18.2 Å². The van der Waals surface area contributed by atoms with Crippen LogP contribution in [0, 0.1) is 0 Å². The molecule has 1 N–H and O–H groups in total. The number of nitrogens with one attached hydrogen (secondary N) is 1. The zero-order valence-electron chi connectivity index (χ0n) is 9.82. The van der Waals surface area contributed by atoms with Gasteiger partial charge in [-0.25, -0.2) is 0 Å². The summed E-state index contributed by atoms with van der Waals surface area (Å²) in [5, 5.41) is 3.38. The maximum absolute atomic E-state index is 5.25. The predicted octanol–water partition coefficient (Wildman–Crippen LogP) is 1.57. The van der Waals surface area contributed by atoms with Crippen molar-refractivity contribution >= 4 is 11.4 Å². The summed E-state index contributed by atoms with van der Waals surface area (Å²) in [4.78, 5) is 2.32. The lowest BCUT2D eigenvalue weighted by Gasteiger charge is -2.32. The van der Waals surface area contributed by atoms with Gasteiger partial charge in [0.25, 0.3) is 0 Å². The molecule has 16 heavy (non-hydrogen) atoms. The van der Waals surface area contributed by atoms with Crippen LogP contribution in [-0.4, -0.2) is 40.5 Å². The first-order chi connectivity index (χ1) is 7.85. The average molecular weight is 222 g/mol. The summed E-state index contributed by atoms with van der Waals surface area (Å²) < 4.78 is 10.4. The smallest absolute Gasteiger partial charge is 0.121 e. The van der Waals surface area contributed by atoms with Crippen molar-refractivity contribution in [3.05, 3.63) is 18.2 Å². The molecule has 1 aliphatic rings. The van der Waals surface area contributed by atoms with Gasteiger partial charge in [0.1, 0.15) is 5.75 Å². The van der Waals surface area contributed by atoms with E-state index in [1.807, 2.05) is 6.07 Å². The second kappa shape index (κ2) is 5.07. The van der Waals surface area contributed by atoms with Crippen LogP contribution in [0.2, 0.25) is 0 Å². The fraction of sp³-hybridized carbons (Fsp3) is 0.500. The lowest BCUT2D eigenvalue weighted by molar-refractivity contribution is 0.205. The van der Waals surface area contributed by atoms with E-state index in [4.69, 9.17) is 9.47 Å². The molecule has 1 heterocycles. The SMILES string of the molecule is COCCN1CCNc2ccc(OC)cc21. The van der Waals surface area contributed by atoms with Gasteiger partial charge in [-0.15, -0.1) is 0 Å². The summed E-state index contributed by atoms with van der Waals surface area (Å²) in [6.07, 6.45) is 0. The molecule has 0 aromatic heterocycles. The van der Waals surface area contributed by atoms with E-state index in [-0.39, 0.29) is 0 Å². The summed E-state index contributed by atoms with van der Waals surface area (Å²) in [5.41, 5.74) is 2.37. The highest BCUT2D eigenvalue weighted by Gasteiger charge is 2.16. The Bertz CT molecular complexity index is 355. The molecule has 1 aromatic rings. The first-order valence-corrected chi connectivity index (χ1v) is 5.51. The summed E-state index contributed by atoms with van der Waals surface area (Å²) in [7, 11) is 3.42. The summed E-state index contributed by atoms with van der Waals surface area (Å²) in [6, 6.07) is 6.11.